The number of esters is 1. The quantitative estimate of drug-likeness (QED) is 0.518. The molecule has 10 heteroatoms. The summed E-state index contributed by atoms with van der Waals surface area (Å²) >= 11 is 0. The number of piperazine rings is 1. The van der Waals surface area contributed by atoms with E-state index in [0.717, 1.165) is 5.56 Å². The molecule has 2 heterocycles. The number of methoxy groups -OCH3 is 2. The lowest BCUT2D eigenvalue weighted by atomic mass is 9.93. The minimum atomic E-state index is -0.794. The van der Waals surface area contributed by atoms with Crippen LogP contribution in [-0.4, -0.2) is 93.2 Å². The van der Waals surface area contributed by atoms with Crippen molar-refractivity contribution in [3.63, 3.8) is 0 Å². The highest BCUT2D eigenvalue weighted by Crippen LogP contribution is 2.40. The molecule has 1 saturated heterocycles. The summed E-state index contributed by atoms with van der Waals surface area (Å²) in [7, 11) is 4.69. The van der Waals surface area contributed by atoms with Crippen LogP contribution in [0.25, 0.3) is 0 Å². The number of nitrogens with one attached hydrogen (secondary N) is 1. The van der Waals surface area contributed by atoms with E-state index in [9.17, 15) is 14.4 Å². The van der Waals surface area contributed by atoms with Gasteiger partial charge in [-0.2, -0.15) is 0 Å². The van der Waals surface area contributed by atoms with E-state index >= 15 is 0 Å². The highest BCUT2D eigenvalue weighted by molar-refractivity contribution is 5.96. The third-order valence-electron chi connectivity index (χ3n) is 7.15. The van der Waals surface area contributed by atoms with Crippen LogP contribution in [0.15, 0.2) is 53.7 Å². The van der Waals surface area contributed by atoms with Crippen LogP contribution in [0.4, 0.5) is 4.79 Å². The minimum Gasteiger partial charge on any atom is -0.493 e. The lowest BCUT2D eigenvalue weighted by Gasteiger charge is -2.39. The molecule has 0 aromatic heterocycles. The monoisotopic (exact) mass is 536 g/mol. The van der Waals surface area contributed by atoms with Gasteiger partial charge in [-0.3, -0.25) is 14.6 Å². The standard InChI is InChI=1S/C29H36N4O6/c1-6-39-28(35)24-22(18-32-14-16-33(17-15-32)27(34)20-12-10-19(2)11-13-20)31(3)29(36)30-25(24)21-8-7-9-23(37-4)26(21)38-5/h7-13,25H,6,14-18H2,1-5H3,(H,30,36)/t25-/m1/s1. The molecule has 10 nitrogen and oxygen atoms in total. The first-order valence-corrected chi connectivity index (χ1v) is 13.0. The second kappa shape index (κ2) is 12.2. The summed E-state index contributed by atoms with van der Waals surface area (Å²) in [5.41, 5.74) is 3.24. The van der Waals surface area contributed by atoms with Gasteiger partial charge in [-0.05, 0) is 32.0 Å². The second-order valence-electron chi connectivity index (χ2n) is 9.54. The highest BCUT2D eigenvalue weighted by atomic mass is 16.5. The molecule has 3 amide bonds. The van der Waals surface area contributed by atoms with Gasteiger partial charge in [0.25, 0.3) is 5.91 Å². The van der Waals surface area contributed by atoms with Gasteiger partial charge in [-0.15, -0.1) is 0 Å². The zero-order valence-electron chi connectivity index (χ0n) is 23.2. The molecule has 0 aliphatic carbocycles. The van der Waals surface area contributed by atoms with E-state index in [4.69, 9.17) is 14.2 Å². The number of hydrogen-bond donors (Lipinski definition) is 1. The van der Waals surface area contributed by atoms with Gasteiger partial charge in [0.2, 0.25) is 0 Å². The van der Waals surface area contributed by atoms with Gasteiger partial charge in [-0.25, -0.2) is 9.59 Å². The molecular weight excluding hydrogens is 500 g/mol. The molecule has 0 unspecified atom stereocenters. The summed E-state index contributed by atoms with van der Waals surface area (Å²) in [5.74, 6) is 0.407. The number of aryl methyl sites for hydroxylation is 1. The molecule has 0 spiro atoms. The van der Waals surface area contributed by atoms with Crippen molar-refractivity contribution in [2.24, 2.45) is 0 Å². The molecule has 0 bridgehead atoms. The average Bonchev–Trinajstić information content (AvgIpc) is 2.95. The van der Waals surface area contributed by atoms with Crippen LogP contribution in [0.3, 0.4) is 0 Å². The largest absolute Gasteiger partial charge is 0.493 e. The van der Waals surface area contributed by atoms with Crippen LogP contribution >= 0.6 is 0 Å². The molecule has 2 aromatic rings. The molecule has 0 radical (unpaired) electrons. The zero-order chi connectivity index (χ0) is 28.1. The van der Waals surface area contributed by atoms with Crippen molar-refractivity contribution >= 4 is 17.9 Å². The molecule has 2 aliphatic heterocycles. The molecule has 0 saturated carbocycles. The number of amides is 3. The Bertz CT molecular complexity index is 1250. The van der Waals surface area contributed by atoms with Crippen LogP contribution in [0, 0.1) is 6.92 Å². The van der Waals surface area contributed by atoms with Gasteiger partial charge >= 0.3 is 12.0 Å². The van der Waals surface area contributed by atoms with Crippen molar-refractivity contribution < 1.29 is 28.6 Å². The Morgan fingerprint density at radius 1 is 1.00 bits per heavy atom. The van der Waals surface area contributed by atoms with Crippen molar-refractivity contribution in [3.05, 3.63) is 70.4 Å². The topological polar surface area (TPSA) is 101 Å². The summed E-state index contributed by atoms with van der Waals surface area (Å²) in [4.78, 5) is 44.9. The maximum Gasteiger partial charge on any atom is 0.338 e. The molecule has 39 heavy (non-hydrogen) atoms. The fourth-order valence-corrected chi connectivity index (χ4v) is 4.97. The van der Waals surface area contributed by atoms with E-state index in [1.807, 2.05) is 36.1 Å². The SMILES string of the molecule is CCOC(=O)C1=C(CN2CCN(C(=O)c3ccc(C)cc3)CC2)N(C)C(=O)N[C@@H]1c1cccc(OC)c1OC. The maximum atomic E-state index is 13.4. The predicted molar refractivity (Wildman–Crippen MR) is 146 cm³/mol. The maximum absolute atomic E-state index is 13.4. The number of rotatable bonds is 8. The Morgan fingerprint density at radius 3 is 2.31 bits per heavy atom. The molecule has 2 aliphatic rings. The van der Waals surface area contributed by atoms with Crippen molar-refractivity contribution in [2.45, 2.75) is 19.9 Å². The van der Waals surface area contributed by atoms with Crippen molar-refractivity contribution in [2.75, 3.05) is 60.6 Å². The number of carbonyl (C=O) groups excluding carboxylic acids is 3. The van der Waals surface area contributed by atoms with Gasteiger partial charge in [-0.1, -0.05) is 29.8 Å². The first kappa shape index (κ1) is 28.0. The molecule has 4 rings (SSSR count). The minimum absolute atomic E-state index is 0.000393. The normalized spacial score (nSPS) is 18.1. The first-order chi connectivity index (χ1) is 18.8. The summed E-state index contributed by atoms with van der Waals surface area (Å²) in [5, 5.41) is 2.93. The number of nitrogens with zero attached hydrogens (tertiary/aromatic N) is 3. The van der Waals surface area contributed by atoms with E-state index < -0.39 is 12.0 Å². The predicted octanol–water partition coefficient (Wildman–Crippen LogP) is 2.98. The first-order valence-electron chi connectivity index (χ1n) is 13.0. The van der Waals surface area contributed by atoms with Crippen molar-refractivity contribution in [1.82, 2.24) is 20.0 Å². The summed E-state index contributed by atoms with van der Waals surface area (Å²) in [6.07, 6.45) is 0. The van der Waals surface area contributed by atoms with E-state index in [1.54, 1.807) is 32.2 Å². The number of carbonyl (C=O) groups is 3. The third-order valence-corrected chi connectivity index (χ3v) is 7.15. The Labute approximate surface area is 229 Å². The molecule has 1 atom stereocenters. The molecule has 1 fully saturated rings. The Kier molecular flexibility index (Phi) is 8.75. The second-order valence-corrected chi connectivity index (χ2v) is 9.54. The van der Waals surface area contributed by atoms with E-state index in [1.165, 1.54) is 19.1 Å². The Balaban J connectivity index is 1.62. The number of ether oxygens (including phenoxy) is 3. The average molecular weight is 537 g/mol. The number of urea groups is 1. The zero-order valence-corrected chi connectivity index (χ0v) is 23.2. The number of benzene rings is 2. The molecule has 208 valence electrons. The van der Waals surface area contributed by atoms with Crippen LogP contribution in [0.2, 0.25) is 0 Å². The molecule has 1 N–H and O–H groups in total. The fraction of sp³-hybridized carbons (Fsp3) is 0.414. The van der Waals surface area contributed by atoms with Crippen LogP contribution in [-0.2, 0) is 9.53 Å². The lowest BCUT2D eigenvalue weighted by molar-refractivity contribution is -0.139. The summed E-state index contributed by atoms with van der Waals surface area (Å²) in [6, 6.07) is 11.8. The highest BCUT2D eigenvalue weighted by Gasteiger charge is 2.39. The number of para-hydroxylation sites is 1. The Morgan fingerprint density at radius 2 is 1.69 bits per heavy atom. The van der Waals surface area contributed by atoms with Crippen LogP contribution in [0.1, 0.15) is 34.5 Å². The summed E-state index contributed by atoms with van der Waals surface area (Å²) < 4.78 is 16.5. The number of hydrogen-bond acceptors (Lipinski definition) is 7. The van der Waals surface area contributed by atoms with Crippen molar-refractivity contribution in [3.8, 4) is 11.5 Å². The smallest absolute Gasteiger partial charge is 0.338 e. The van der Waals surface area contributed by atoms with Gasteiger partial charge in [0.1, 0.15) is 0 Å². The van der Waals surface area contributed by atoms with Gasteiger partial charge < -0.3 is 24.4 Å². The van der Waals surface area contributed by atoms with Crippen molar-refractivity contribution in [1.29, 1.82) is 0 Å². The third kappa shape index (κ3) is 5.85. The van der Waals surface area contributed by atoms with E-state index in [-0.39, 0.29) is 18.5 Å². The van der Waals surface area contributed by atoms with E-state index in [0.29, 0.717) is 66.6 Å². The van der Waals surface area contributed by atoms with Gasteiger partial charge in [0, 0.05) is 56.6 Å². The van der Waals surface area contributed by atoms with Gasteiger partial charge in [0.05, 0.1) is 32.4 Å². The van der Waals surface area contributed by atoms with Gasteiger partial charge in [0.15, 0.2) is 11.5 Å². The van der Waals surface area contributed by atoms with Crippen LogP contribution in [0.5, 0.6) is 11.5 Å². The molecular formula is C29H36N4O6. The lowest BCUT2D eigenvalue weighted by Crippen LogP contribution is -2.53. The molecule has 2 aromatic carbocycles. The summed E-state index contributed by atoms with van der Waals surface area (Å²) in [6.45, 7) is 6.54. The fourth-order valence-electron chi connectivity index (χ4n) is 4.97. The number of likely N-dealkylation sites (N-methyl/N-ethyl adjacent to an activating group) is 1. The Hall–Kier alpha value is -4.05. The van der Waals surface area contributed by atoms with E-state index in [2.05, 4.69) is 10.2 Å². The van der Waals surface area contributed by atoms with Crippen LogP contribution < -0.4 is 14.8 Å².